The molecule has 1 saturated heterocycles. The van der Waals surface area contributed by atoms with E-state index in [4.69, 9.17) is 0 Å². The maximum Gasteiger partial charge on any atom is 0.270 e. The first-order valence-electron chi connectivity index (χ1n) is 10.3. The maximum absolute atomic E-state index is 12.9. The molecule has 0 unspecified atom stereocenters. The molecular formula is C23H28N4O2. The number of nitrogens with zero attached hydrogens (tertiary/aromatic N) is 3. The van der Waals surface area contributed by atoms with Crippen molar-refractivity contribution in [2.75, 3.05) is 18.0 Å². The number of amides is 1. The molecule has 0 saturated carbocycles. The van der Waals surface area contributed by atoms with Crippen LogP contribution in [0.4, 0.5) is 5.69 Å². The smallest absolute Gasteiger partial charge is 0.270 e. The lowest BCUT2D eigenvalue weighted by Crippen LogP contribution is -2.35. The second kappa shape index (κ2) is 8.25. The third-order valence-electron chi connectivity index (χ3n) is 5.62. The van der Waals surface area contributed by atoms with Gasteiger partial charge in [0.15, 0.2) is 0 Å². The van der Waals surface area contributed by atoms with E-state index in [1.807, 2.05) is 36.6 Å². The number of aliphatic hydroxyl groups is 1. The first-order valence-corrected chi connectivity index (χ1v) is 10.3. The Kier molecular flexibility index (Phi) is 5.53. The van der Waals surface area contributed by atoms with Crippen molar-refractivity contribution >= 4 is 17.2 Å². The Balaban J connectivity index is 1.44. The fourth-order valence-electron chi connectivity index (χ4n) is 3.90. The van der Waals surface area contributed by atoms with Gasteiger partial charge in [0.2, 0.25) is 0 Å². The molecule has 6 nitrogen and oxygen atoms in total. The lowest BCUT2D eigenvalue weighted by atomic mass is 10.1. The van der Waals surface area contributed by atoms with Gasteiger partial charge in [0.05, 0.1) is 11.8 Å². The zero-order chi connectivity index (χ0) is 20.4. The average Bonchev–Trinajstić information content (AvgIpc) is 3.10. The minimum absolute atomic E-state index is 0.104. The number of nitrogens with one attached hydrogen (secondary N) is 1. The van der Waals surface area contributed by atoms with E-state index < -0.39 is 0 Å². The van der Waals surface area contributed by atoms with Crippen LogP contribution in [0.25, 0.3) is 5.65 Å². The Morgan fingerprint density at radius 3 is 2.62 bits per heavy atom. The molecule has 1 aliphatic heterocycles. The fourth-order valence-corrected chi connectivity index (χ4v) is 3.90. The number of imidazole rings is 1. The first-order chi connectivity index (χ1) is 14.0. The third kappa shape index (κ3) is 4.12. The van der Waals surface area contributed by atoms with Gasteiger partial charge in [0, 0.05) is 31.5 Å². The summed E-state index contributed by atoms with van der Waals surface area (Å²) in [7, 11) is 0. The zero-order valence-corrected chi connectivity index (χ0v) is 17.1. The number of rotatable bonds is 5. The summed E-state index contributed by atoms with van der Waals surface area (Å²) in [5.41, 5.74) is 5.59. The third-order valence-corrected chi connectivity index (χ3v) is 5.62. The van der Waals surface area contributed by atoms with Crippen LogP contribution in [0.2, 0.25) is 0 Å². The number of hydrogen-bond donors (Lipinski definition) is 2. The molecule has 2 aromatic heterocycles. The standard InChI is InChI=1S/C23H28N4O2/c1-3-20-22(27-13-8-16(2)14-21(27)25-20)23(29)24-15-17-4-6-18(7-5-17)26-11-9-19(28)10-12-26/h4-8,13-14,19,28H,3,9-12,15H2,1-2H3,(H,24,29). The molecule has 3 aromatic rings. The second-order valence-electron chi connectivity index (χ2n) is 7.76. The van der Waals surface area contributed by atoms with Crippen LogP contribution in [0.3, 0.4) is 0 Å². The van der Waals surface area contributed by atoms with Crippen LogP contribution < -0.4 is 10.2 Å². The molecular weight excluding hydrogens is 364 g/mol. The van der Waals surface area contributed by atoms with Crippen LogP contribution >= 0.6 is 0 Å². The molecule has 1 aliphatic rings. The highest BCUT2D eigenvalue weighted by molar-refractivity contribution is 5.94. The fraction of sp³-hybridized carbons (Fsp3) is 0.391. The van der Waals surface area contributed by atoms with E-state index in [0.717, 1.165) is 54.1 Å². The summed E-state index contributed by atoms with van der Waals surface area (Å²) < 4.78 is 1.87. The summed E-state index contributed by atoms with van der Waals surface area (Å²) >= 11 is 0. The number of pyridine rings is 1. The van der Waals surface area contributed by atoms with Crippen molar-refractivity contribution in [2.45, 2.75) is 45.8 Å². The zero-order valence-electron chi connectivity index (χ0n) is 17.1. The molecule has 29 heavy (non-hydrogen) atoms. The Morgan fingerprint density at radius 1 is 1.21 bits per heavy atom. The minimum Gasteiger partial charge on any atom is -0.393 e. The molecule has 152 valence electrons. The van der Waals surface area contributed by atoms with E-state index in [-0.39, 0.29) is 12.0 Å². The van der Waals surface area contributed by atoms with Gasteiger partial charge in [-0.2, -0.15) is 0 Å². The van der Waals surface area contributed by atoms with Gasteiger partial charge < -0.3 is 15.3 Å². The van der Waals surface area contributed by atoms with Crippen LogP contribution in [0, 0.1) is 6.92 Å². The van der Waals surface area contributed by atoms with Crippen molar-refractivity contribution in [3.63, 3.8) is 0 Å². The molecule has 0 spiro atoms. The highest BCUT2D eigenvalue weighted by atomic mass is 16.3. The normalized spacial score (nSPS) is 15.1. The van der Waals surface area contributed by atoms with Gasteiger partial charge in [-0.1, -0.05) is 19.1 Å². The van der Waals surface area contributed by atoms with Gasteiger partial charge in [-0.15, -0.1) is 0 Å². The Morgan fingerprint density at radius 2 is 1.93 bits per heavy atom. The molecule has 4 rings (SSSR count). The van der Waals surface area contributed by atoms with Crippen LogP contribution in [0.15, 0.2) is 42.6 Å². The topological polar surface area (TPSA) is 69.9 Å². The largest absolute Gasteiger partial charge is 0.393 e. The number of piperidine rings is 1. The number of benzene rings is 1. The molecule has 0 radical (unpaired) electrons. The van der Waals surface area contributed by atoms with Gasteiger partial charge >= 0.3 is 0 Å². The average molecular weight is 393 g/mol. The van der Waals surface area contributed by atoms with Crippen LogP contribution in [-0.2, 0) is 13.0 Å². The summed E-state index contributed by atoms with van der Waals surface area (Å²) in [6.45, 7) is 6.27. The summed E-state index contributed by atoms with van der Waals surface area (Å²) in [5.74, 6) is -0.104. The van der Waals surface area contributed by atoms with E-state index in [2.05, 4.69) is 39.5 Å². The van der Waals surface area contributed by atoms with E-state index >= 15 is 0 Å². The summed E-state index contributed by atoms with van der Waals surface area (Å²) in [4.78, 5) is 19.8. The highest BCUT2D eigenvalue weighted by Gasteiger charge is 2.19. The van der Waals surface area contributed by atoms with Gasteiger partial charge in [-0.25, -0.2) is 4.98 Å². The number of carbonyl (C=O) groups is 1. The Bertz CT molecular complexity index is 1000. The first kappa shape index (κ1) is 19.5. The van der Waals surface area contributed by atoms with Crippen molar-refractivity contribution in [1.82, 2.24) is 14.7 Å². The van der Waals surface area contributed by atoms with Gasteiger partial charge in [-0.3, -0.25) is 9.20 Å². The molecule has 0 atom stereocenters. The lowest BCUT2D eigenvalue weighted by molar-refractivity contribution is 0.0944. The SMILES string of the molecule is CCc1nc2cc(C)ccn2c1C(=O)NCc1ccc(N2CCC(O)CC2)cc1. The van der Waals surface area contributed by atoms with Crippen molar-refractivity contribution < 1.29 is 9.90 Å². The van der Waals surface area contributed by atoms with Crippen molar-refractivity contribution in [3.05, 3.63) is 65.1 Å². The molecule has 0 bridgehead atoms. The number of hydrogen-bond acceptors (Lipinski definition) is 4. The predicted octanol–water partition coefficient (Wildman–Crippen LogP) is 3.10. The van der Waals surface area contributed by atoms with E-state index in [1.165, 1.54) is 0 Å². The number of carbonyl (C=O) groups excluding carboxylic acids is 1. The van der Waals surface area contributed by atoms with Crippen LogP contribution in [0.5, 0.6) is 0 Å². The molecule has 1 amide bonds. The van der Waals surface area contributed by atoms with E-state index in [1.54, 1.807) is 0 Å². The Hall–Kier alpha value is -2.86. The second-order valence-corrected chi connectivity index (χ2v) is 7.76. The molecule has 0 aliphatic carbocycles. The number of aromatic nitrogens is 2. The predicted molar refractivity (Wildman–Crippen MR) is 114 cm³/mol. The number of fused-ring (bicyclic) bond motifs is 1. The van der Waals surface area contributed by atoms with Gasteiger partial charge in [0.1, 0.15) is 11.3 Å². The van der Waals surface area contributed by atoms with E-state index in [9.17, 15) is 9.90 Å². The van der Waals surface area contributed by atoms with Crippen molar-refractivity contribution in [1.29, 1.82) is 0 Å². The monoisotopic (exact) mass is 392 g/mol. The summed E-state index contributed by atoms with van der Waals surface area (Å²) in [5, 5.41) is 12.7. The van der Waals surface area contributed by atoms with Crippen LogP contribution in [-0.4, -0.2) is 39.6 Å². The lowest BCUT2D eigenvalue weighted by Gasteiger charge is -2.31. The number of aryl methyl sites for hydroxylation is 2. The molecule has 6 heteroatoms. The summed E-state index contributed by atoms with van der Waals surface area (Å²) in [6.07, 6.45) is 4.09. The number of aliphatic hydroxyl groups excluding tert-OH is 1. The minimum atomic E-state index is -0.169. The van der Waals surface area contributed by atoms with Crippen molar-refractivity contribution in [3.8, 4) is 0 Å². The quantitative estimate of drug-likeness (QED) is 0.700. The highest BCUT2D eigenvalue weighted by Crippen LogP contribution is 2.21. The van der Waals surface area contributed by atoms with Gasteiger partial charge in [-0.05, 0) is 61.6 Å². The van der Waals surface area contributed by atoms with Crippen LogP contribution in [0.1, 0.15) is 47.1 Å². The summed E-state index contributed by atoms with van der Waals surface area (Å²) in [6, 6.07) is 12.3. The van der Waals surface area contributed by atoms with Crippen molar-refractivity contribution in [2.24, 2.45) is 0 Å². The Labute approximate surface area is 171 Å². The molecule has 1 fully saturated rings. The molecule has 1 aromatic carbocycles. The number of anilines is 1. The van der Waals surface area contributed by atoms with Gasteiger partial charge in [0.25, 0.3) is 5.91 Å². The molecule has 2 N–H and O–H groups in total. The maximum atomic E-state index is 12.9. The van der Waals surface area contributed by atoms with E-state index in [0.29, 0.717) is 18.7 Å². The molecule has 3 heterocycles.